The Kier molecular flexibility index (Phi) is 1.58. The van der Waals surface area contributed by atoms with Crippen LogP contribution in [0.25, 0.3) is 9.23 Å². The van der Waals surface area contributed by atoms with Crippen LogP contribution in [0.1, 0.15) is 0 Å². The van der Waals surface area contributed by atoms with E-state index in [4.69, 9.17) is 13.1 Å². The van der Waals surface area contributed by atoms with Crippen molar-refractivity contribution in [2.75, 3.05) is 6.66 Å². The summed E-state index contributed by atoms with van der Waals surface area (Å²) in [6, 6.07) is 0. The molecule has 0 aliphatic rings. The third kappa shape index (κ3) is 1.98. The van der Waals surface area contributed by atoms with Gasteiger partial charge in [-0.2, -0.15) is 4.57 Å². The molecule has 36 valence electrons. The van der Waals surface area contributed by atoms with Gasteiger partial charge in [-0.3, -0.25) is 0 Å². The number of rotatable bonds is 0. The molecular formula is C3H3N2OP. The summed E-state index contributed by atoms with van der Waals surface area (Å²) in [7, 11) is -3.07. The fourth-order valence-corrected chi connectivity index (χ4v) is 0.0671. The first kappa shape index (κ1) is 6.21. The van der Waals surface area contributed by atoms with Crippen LogP contribution in [0.2, 0.25) is 0 Å². The first-order valence-corrected chi connectivity index (χ1v) is 3.54. The lowest BCUT2D eigenvalue weighted by Gasteiger charge is -1.70. The molecule has 0 fully saturated rings. The van der Waals surface area contributed by atoms with Gasteiger partial charge in [-0.05, 0) is 0 Å². The van der Waals surface area contributed by atoms with Crippen molar-refractivity contribution in [3.05, 3.63) is 22.4 Å². The maximum Gasteiger partial charge on any atom is 0.725 e. The molecule has 0 aromatic heterocycles. The summed E-state index contributed by atoms with van der Waals surface area (Å²) in [4.78, 5) is 0. The molecule has 0 saturated heterocycles. The first-order valence-electron chi connectivity index (χ1n) is 1.48. The van der Waals surface area contributed by atoms with E-state index < -0.39 is 7.44 Å². The molecule has 3 nitrogen and oxygen atoms in total. The highest BCUT2D eigenvalue weighted by Gasteiger charge is 2.26. The highest BCUT2D eigenvalue weighted by Crippen LogP contribution is 2.44. The molecule has 0 radical (unpaired) electrons. The van der Waals surface area contributed by atoms with Crippen LogP contribution in [0.4, 0.5) is 0 Å². The SMILES string of the molecule is [C-]#[N+]P(C)(=O)[N+]#[C-]. The quantitative estimate of drug-likeness (QED) is 0.347. The Labute approximate surface area is 42.1 Å². The molecule has 0 aromatic carbocycles. The summed E-state index contributed by atoms with van der Waals surface area (Å²) in [6.07, 6.45) is 0. The van der Waals surface area contributed by atoms with Gasteiger partial charge in [0.2, 0.25) is 0 Å². The second kappa shape index (κ2) is 1.78. The van der Waals surface area contributed by atoms with Crippen LogP contribution in [0, 0.1) is 13.1 Å². The van der Waals surface area contributed by atoms with Crippen LogP contribution in [0.5, 0.6) is 0 Å². The van der Waals surface area contributed by atoms with Gasteiger partial charge in [0.05, 0.1) is 0 Å². The second-order valence-electron chi connectivity index (χ2n) is 1.04. The van der Waals surface area contributed by atoms with Crippen molar-refractivity contribution in [2.45, 2.75) is 0 Å². The number of nitrogens with zero attached hydrogens (tertiary/aromatic N) is 2. The molecule has 0 saturated carbocycles. The van der Waals surface area contributed by atoms with Crippen molar-refractivity contribution >= 4 is 7.44 Å². The monoisotopic (exact) mass is 114 g/mol. The summed E-state index contributed by atoms with van der Waals surface area (Å²) in [5.41, 5.74) is 0. The van der Waals surface area contributed by atoms with Crippen LogP contribution < -0.4 is 0 Å². The van der Waals surface area contributed by atoms with Gasteiger partial charge in [0.15, 0.2) is 0 Å². The van der Waals surface area contributed by atoms with E-state index in [0.29, 0.717) is 0 Å². The van der Waals surface area contributed by atoms with Crippen molar-refractivity contribution in [3.8, 4) is 0 Å². The lowest BCUT2D eigenvalue weighted by Crippen LogP contribution is -1.51. The van der Waals surface area contributed by atoms with Gasteiger partial charge in [-0.25, -0.2) is 22.4 Å². The zero-order chi connectivity index (χ0) is 5.91. The molecule has 0 rings (SSSR count). The van der Waals surface area contributed by atoms with Gasteiger partial charge in [0.25, 0.3) is 0 Å². The molecule has 0 amide bonds. The highest BCUT2D eigenvalue weighted by atomic mass is 31.2. The van der Waals surface area contributed by atoms with Gasteiger partial charge in [-0.1, -0.05) is 0 Å². The molecule has 0 N–H and O–H groups in total. The van der Waals surface area contributed by atoms with Crippen LogP contribution >= 0.6 is 7.44 Å². The van der Waals surface area contributed by atoms with E-state index in [1.807, 2.05) is 0 Å². The molecular weight excluding hydrogens is 111 g/mol. The van der Waals surface area contributed by atoms with Crippen LogP contribution in [-0.2, 0) is 4.57 Å². The fourth-order valence-electron chi connectivity index (χ4n) is 0.0224. The van der Waals surface area contributed by atoms with Crippen molar-refractivity contribution in [3.63, 3.8) is 0 Å². The van der Waals surface area contributed by atoms with Gasteiger partial charge in [0.1, 0.15) is 6.66 Å². The summed E-state index contributed by atoms with van der Waals surface area (Å²) in [6.45, 7) is 13.5. The summed E-state index contributed by atoms with van der Waals surface area (Å²) < 4.78 is 15.4. The molecule has 4 heteroatoms. The van der Waals surface area contributed by atoms with Crippen LogP contribution in [0.3, 0.4) is 0 Å². The fraction of sp³-hybridized carbons (Fsp3) is 0.333. The minimum atomic E-state index is -3.07. The summed E-state index contributed by atoms with van der Waals surface area (Å²) in [5.74, 6) is 0. The van der Waals surface area contributed by atoms with E-state index in [1.165, 1.54) is 0 Å². The Hall–Kier alpha value is -0.790. The lowest BCUT2D eigenvalue weighted by atomic mass is 11.8. The maximum absolute atomic E-state index is 10.2. The molecule has 0 unspecified atom stereocenters. The smallest absolute Gasteiger partial charge is 0.222 e. The summed E-state index contributed by atoms with van der Waals surface area (Å²) >= 11 is 0. The van der Waals surface area contributed by atoms with E-state index in [2.05, 4.69) is 9.23 Å². The highest BCUT2D eigenvalue weighted by molar-refractivity contribution is 7.67. The number of hydrogen-bond acceptors (Lipinski definition) is 1. The predicted molar refractivity (Wildman–Crippen MR) is 26.7 cm³/mol. The van der Waals surface area contributed by atoms with Gasteiger partial charge in [-0.15, -0.1) is 0 Å². The maximum atomic E-state index is 10.2. The average Bonchev–Trinajstić information content (AvgIpc) is 1.68. The third-order valence-electron chi connectivity index (χ3n) is 0.371. The van der Waals surface area contributed by atoms with Crippen molar-refractivity contribution in [1.82, 2.24) is 0 Å². The average molecular weight is 114 g/mol. The molecule has 0 aromatic rings. The third-order valence-corrected chi connectivity index (χ3v) is 1.11. The minimum absolute atomic E-state index is 1.15. The predicted octanol–water partition coefficient (Wildman–Crippen LogP) is 1.65. The minimum Gasteiger partial charge on any atom is -0.222 e. The molecule has 0 bridgehead atoms. The first-order chi connectivity index (χ1) is 3.12. The van der Waals surface area contributed by atoms with E-state index in [-0.39, 0.29) is 0 Å². The van der Waals surface area contributed by atoms with Gasteiger partial charge >= 0.3 is 7.44 Å². The van der Waals surface area contributed by atoms with Crippen LogP contribution in [-0.4, -0.2) is 6.66 Å². The van der Waals surface area contributed by atoms with Crippen molar-refractivity contribution in [1.29, 1.82) is 0 Å². The Morgan fingerprint density at radius 1 is 1.43 bits per heavy atom. The topological polar surface area (TPSA) is 25.8 Å². The summed E-state index contributed by atoms with van der Waals surface area (Å²) in [5, 5.41) is 0. The van der Waals surface area contributed by atoms with E-state index in [9.17, 15) is 4.57 Å². The normalized spacial score (nSPS) is 9.00. The second-order valence-corrected chi connectivity index (χ2v) is 3.11. The van der Waals surface area contributed by atoms with Gasteiger partial charge in [0, 0.05) is 0 Å². The molecule has 0 spiro atoms. The van der Waals surface area contributed by atoms with Crippen LogP contribution in [0.15, 0.2) is 0 Å². The van der Waals surface area contributed by atoms with E-state index >= 15 is 0 Å². The zero-order valence-corrected chi connectivity index (χ0v) is 4.64. The molecule has 0 aliphatic heterocycles. The van der Waals surface area contributed by atoms with E-state index in [1.54, 1.807) is 0 Å². The van der Waals surface area contributed by atoms with Crippen molar-refractivity contribution < 1.29 is 4.57 Å². The molecule has 7 heavy (non-hydrogen) atoms. The molecule has 0 aliphatic carbocycles. The Morgan fingerprint density at radius 3 is 1.71 bits per heavy atom. The Morgan fingerprint density at radius 2 is 1.71 bits per heavy atom. The van der Waals surface area contributed by atoms with Gasteiger partial charge < -0.3 is 0 Å². The molecule has 0 heterocycles. The largest absolute Gasteiger partial charge is 0.725 e. The Bertz CT molecular complexity index is 166. The van der Waals surface area contributed by atoms with E-state index in [0.717, 1.165) is 6.66 Å². The lowest BCUT2D eigenvalue weighted by molar-refractivity contribution is 0.589. The number of hydrogen-bond donors (Lipinski definition) is 0. The van der Waals surface area contributed by atoms with Crippen molar-refractivity contribution in [2.24, 2.45) is 0 Å². The zero-order valence-electron chi connectivity index (χ0n) is 3.75. The standard InChI is InChI=1S/C3H3N2OP/c1-4-7(3,6)5-2/h3H3. The molecule has 0 atom stereocenters. The Balaban J connectivity index is 4.34.